The van der Waals surface area contributed by atoms with E-state index in [1.54, 1.807) is 12.1 Å². The van der Waals surface area contributed by atoms with Gasteiger partial charge < -0.3 is 10.2 Å². The number of hydrogen-bond donors (Lipinski definition) is 1. The number of halogens is 1. The maximum Gasteiger partial charge on any atom is 0.146 e. The van der Waals surface area contributed by atoms with Gasteiger partial charge in [0.2, 0.25) is 0 Å². The average molecular weight is 286 g/mol. The molecule has 0 aliphatic carbocycles. The highest BCUT2D eigenvalue weighted by atomic mass is 19.1. The third-order valence-corrected chi connectivity index (χ3v) is 3.55. The Labute approximate surface area is 126 Å². The number of nitrogens with zero attached hydrogens (tertiary/aromatic N) is 1. The van der Waals surface area contributed by atoms with Gasteiger partial charge in [-0.2, -0.15) is 0 Å². The van der Waals surface area contributed by atoms with Gasteiger partial charge >= 0.3 is 0 Å². The Bertz CT molecular complexity index is 554. The molecule has 0 radical (unpaired) electrons. The largest absolute Gasteiger partial charge is 0.365 e. The standard InChI is InChI=1S/C18H23FN2/c1-3-20-13-16-11-8-12-17(19)18(16)21(4-2)14-15-9-6-5-7-10-15/h5-12,20H,3-4,13-14H2,1-2H3. The Balaban J connectivity index is 2.28. The first kappa shape index (κ1) is 15.5. The van der Waals surface area contributed by atoms with Crippen LogP contribution >= 0.6 is 0 Å². The summed E-state index contributed by atoms with van der Waals surface area (Å²) in [6, 6.07) is 15.5. The van der Waals surface area contributed by atoms with Crippen molar-refractivity contribution in [2.24, 2.45) is 0 Å². The van der Waals surface area contributed by atoms with Crippen molar-refractivity contribution >= 4 is 5.69 Å². The van der Waals surface area contributed by atoms with Gasteiger partial charge in [0.15, 0.2) is 0 Å². The van der Waals surface area contributed by atoms with Crippen molar-refractivity contribution in [1.29, 1.82) is 0 Å². The van der Waals surface area contributed by atoms with Gasteiger partial charge in [-0.15, -0.1) is 0 Å². The molecular formula is C18H23FN2. The van der Waals surface area contributed by atoms with E-state index in [0.29, 0.717) is 12.2 Å². The summed E-state index contributed by atoms with van der Waals surface area (Å²) < 4.78 is 14.3. The molecular weight excluding hydrogens is 263 g/mol. The highest BCUT2D eigenvalue weighted by Gasteiger charge is 2.15. The van der Waals surface area contributed by atoms with Crippen LogP contribution in [0.1, 0.15) is 25.0 Å². The maximum absolute atomic E-state index is 14.3. The lowest BCUT2D eigenvalue weighted by atomic mass is 10.1. The topological polar surface area (TPSA) is 15.3 Å². The van der Waals surface area contributed by atoms with Gasteiger partial charge in [-0.25, -0.2) is 4.39 Å². The smallest absolute Gasteiger partial charge is 0.146 e. The zero-order chi connectivity index (χ0) is 15.1. The van der Waals surface area contributed by atoms with Gasteiger partial charge in [0, 0.05) is 19.6 Å². The van der Waals surface area contributed by atoms with Crippen LogP contribution in [0.3, 0.4) is 0 Å². The van der Waals surface area contributed by atoms with Crippen molar-refractivity contribution < 1.29 is 4.39 Å². The van der Waals surface area contributed by atoms with E-state index in [2.05, 4.69) is 36.2 Å². The summed E-state index contributed by atoms with van der Waals surface area (Å²) >= 11 is 0. The van der Waals surface area contributed by atoms with Gasteiger partial charge in [0.05, 0.1) is 5.69 Å². The molecule has 0 bridgehead atoms. The zero-order valence-corrected chi connectivity index (χ0v) is 12.8. The van der Waals surface area contributed by atoms with Gasteiger partial charge in [0.1, 0.15) is 5.82 Å². The minimum atomic E-state index is -0.150. The quantitative estimate of drug-likeness (QED) is 0.828. The molecule has 0 aliphatic rings. The van der Waals surface area contributed by atoms with E-state index in [1.807, 2.05) is 24.3 Å². The van der Waals surface area contributed by atoms with Crippen molar-refractivity contribution in [3.05, 3.63) is 65.5 Å². The first-order valence-corrected chi connectivity index (χ1v) is 7.53. The molecule has 0 unspecified atom stereocenters. The minimum absolute atomic E-state index is 0.150. The highest BCUT2D eigenvalue weighted by molar-refractivity contribution is 5.55. The Morgan fingerprint density at radius 3 is 2.43 bits per heavy atom. The number of hydrogen-bond acceptors (Lipinski definition) is 2. The van der Waals surface area contributed by atoms with Crippen LogP contribution in [0.25, 0.3) is 0 Å². The Morgan fingerprint density at radius 1 is 1.00 bits per heavy atom. The third-order valence-electron chi connectivity index (χ3n) is 3.55. The molecule has 0 spiro atoms. The van der Waals surface area contributed by atoms with E-state index < -0.39 is 0 Å². The van der Waals surface area contributed by atoms with Crippen LogP contribution in [0.4, 0.5) is 10.1 Å². The Hall–Kier alpha value is -1.87. The predicted molar refractivity (Wildman–Crippen MR) is 86.9 cm³/mol. The molecule has 21 heavy (non-hydrogen) atoms. The predicted octanol–water partition coefficient (Wildman–Crippen LogP) is 3.96. The van der Waals surface area contributed by atoms with Crippen molar-refractivity contribution in [2.45, 2.75) is 26.9 Å². The molecule has 0 saturated heterocycles. The number of para-hydroxylation sites is 1. The lowest BCUT2D eigenvalue weighted by molar-refractivity contribution is 0.611. The van der Waals surface area contributed by atoms with E-state index in [9.17, 15) is 4.39 Å². The fourth-order valence-electron chi connectivity index (χ4n) is 2.47. The molecule has 0 fully saturated rings. The van der Waals surface area contributed by atoms with Gasteiger partial charge in [0.25, 0.3) is 0 Å². The molecule has 0 aromatic heterocycles. The van der Waals surface area contributed by atoms with Gasteiger partial charge in [-0.05, 0) is 30.7 Å². The molecule has 112 valence electrons. The van der Waals surface area contributed by atoms with Crippen LogP contribution in [0, 0.1) is 5.82 Å². The highest BCUT2D eigenvalue weighted by Crippen LogP contribution is 2.26. The summed E-state index contributed by atoms with van der Waals surface area (Å²) in [6.07, 6.45) is 0. The van der Waals surface area contributed by atoms with Crippen LogP contribution in [0.5, 0.6) is 0 Å². The summed E-state index contributed by atoms with van der Waals surface area (Å²) in [6.45, 7) is 7.18. The van der Waals surface area contributed by atoms with Gasteiger partial charge in [-0.3, -0.25) is 0 Å². The van der Waals surface area contributed by atoms with Crippen molar-refractivity contribution in [1.82, 2.24) is 5.32 Å². The van der Waals surface area contributed by atoms with Crippen LogP contribution < -0.4 is 10.2 Å². The number of rotatable bonds is 7. The van der Waals surface area contributed by atoms with Crippen molar-refractivity contribution in [2.75, 3.05) is 18.0 Å². The molecule has 0 amide bonds. The Morgan fingerprint density at radius 2 is 1.76 bits per heavy atom. The molecule has 0 saturated carbocycles. The second-order valence-corrected chi connectivity index (χ2v) is 5.03. The van der Waals surface area contributed by atoms with E-state index >= 15 is 0 Å². The SMILES string of the molecule is CCNCc1cccc(F)c1N(CC)Cc1ccccc1. The number of nitrogens with one attached hydrogen (secondary N) is 1. The first-order valence-electron chi connectivity index (χ1n) is 7.53. The lowest BCUT2D eigenvalue weighted by Gasteiger charge is -2.26. The fourth-order valence-corrected chi connectivity index (χ4v) is 2.47. The zero-order valence-electron chi connectivity index (χ0n) is 12.8. The normalized spacial score (nSPS) is 10.6. The second-order valence-electron chi connectivity index (χ2n) is 5.03. The molecule has 3 heteroatoms. The molecule has 2 aromatic rings. The summed E-state index contributed by atoms with van der Waals surface area (Å²) in [4.78, 5) is 2.09. The molecule has 1 N–H and O–H groups in total. The monoisotopic (exact) mass is 286 g/mol. The molecule has 0 aliphatic heterocycles. The van der Waals surface area contributed by atoms with Crippen molar-refractivity contribution in [3.63, 3.8) is 0 Å². The Kier molecular flexibility index (Phi) is 5.76. The van der Waals surface area contributed by atoms with E-state index in [-0.39, 0.29) is 5.82 Å². The van der Waals surface area contributed by atoms with Crippen LogP contribution in [-0.2, 0) is 13.1 Å². The first-order chi connectivity index (χ1) is 10.3. The third kappa shape index (κ3) is 4.05. The van der Waals surface area contributed by atoms with Crippen LogP contribution in [0.15, 0.2) is 48.5 Å². The number of anilines is 1. The van der Waals surface area contributed by atoms with E-state index in [0.717, 1.165) is 25.2 Å². The molecule has 0 heterocycles. The average Bonchev–Trinajstić information content (AvgIpc) is 2.52. The summed E-state index contributed by atoms with van der Waals surface area (Å²) in [5.41, 5.74) is 2.91. The second kappa shape index (κ2) is 7.79. The van der Waals surface area contributed by atoms with E-state index in [4.69, 9.17) is 0 Å². The maximum atomic E-state index is 14.3. The summed E-state index contributed by atoms with van der Waals surface area (Å²) in [7, 11) is 0. The molecule has 2 nitrogen and oxygen atoms in total. The fraction of sp³-hybridized carbons (Fsp3) is 0.333. The number of benzene rings is 2. The molecule has 0 atom stereocenters. The molecule has 2 rings (SSSR count). The summed E-state index contributed by atoms with van der Waals surface area (Å²) in [5, 5.41) is 3.28. The van der Waals surface area contributed by atoms with Crippen molar-refractivity contribution in [3.8, 4) is 0 Å². The minimum Gasteiger partial charge on any atom is -0.365 e. The van der Waals surface area contributed by atoms with Crippen LogP contribution in [-0.4, -0.2) is 13.1 Å². The van der Waals surface area contributed by atoms with Crippen LogP contribution in [0.2, 0.25) is 0 Å². The molecule has 2 aromatic carbocycles. The van der Waals surface area contributed by atoms with Gasteiger partial charge in [-0.1, -0.05) is 49.4 Å². The van der Waals surface area contributed by atoms with E-state index in [1.165, 1.54) is 5.56 Å². The lowest BCUT2D eigenvalue weighted by Crippen LogP contribution is -2.26. The summed E-state index contributed by atoms with van der Waals surface area (Å²) in [5.74, 6) is -0.150.